The maximum absolute atomic E-state index is 12.9. The summed E-state index contributed by atoms with van der Waals surface area (Å²) in [6.45, 7) is 3.88. The van der Waals surface area contributed by atoms with Crippen molar-refractivity contribution < 1.29 is 9.59 Å². The summed E-state index contributed by atoms with van der Waals surface area (Å²) in [6, 6.07) is 16.0. The van der Waals surface area contributed by atoms with Crippen LogP contribution in [0.2, 0.25) is 0 Å². The smallest absolute Gasteiger partial charge is 0.319 e. The Morgan fingerprint density at radius 2 is 1.79 bits per heavy atom. The first-order chi connectivity index (χ1) is 11.5. The standard InChI is InChI=1S/C19H17N3O2/c1-13-5-3-4-6-15(13)12-22-17(23)19(2,21-18(22)24)16-9-7-14(11-20)8-10-16/h3-10H,12H2,1-2H3,(H,21,24)/t19-/m0/s1. The van der Waals surface area contributed by atoms with Gasteiger partial charge in [0.05, 0.1) is 18.2 Å². The number of imide groups is 1. The molecule has 5 heteroatoms. The average molecular weight is 319 g/mol. The molecule has 120 valence electrons. The average Bonchev–Trinajstić information content (AvgIpc) is 2.81. The van der Waals surface area contributed by atoms with E-state index in [0.29, 0.717) is 11.1 Å². The van der Waals surface area contributed by atoms with Crippen molar-refractivity contribution in [3.05, 3.63) is 70.8 Å². The van der Waals surface area contributed by atoms with Crippen molar-refractivity contribution in [1.29, 1.82) is 5.26 Å². The number of nitrogens with one attached hydrogen (secondary N) is 1. The van der Waals surface area contributed by atoms with Crippen LogP contribution in [0, 0.1) is 18.3 Å². The Morgan fingerprint density at radius 3 is 2.42 bits per heavy atom. The molecule has 0 aliphatic carbocycles. The van der Waals surface area contributed by atoms with E-state index in [9.17, 15) is 9.59 Å². The fraction of sp³-hybridized carbons (Fsp3) is 0.211. The van der Waals surface area contributed by atoms with Crippen LogP contribution in [0.3, 0.4) is 0 Å². The van der Waals surface area contributed by atoms with Crippen LogP contribution in [-0.2, 0) is 16.9 Å². The fourth-order valence-corrected chi connectivity index (χ4v) is 2.87. The summed E-state index contributed by atoms with van der Waals surface area (Å²) in [7, 11) is 0. The van der Waals surface area contributed by atoms with Gasteiger partial charge in [-0.3, -0.25) is 9.69 Å². The maximum Gasteiger partial charge on any atom is 0.325 e. The monoisotopic (exact) mass is 319 g/mol. The number of rotatable bonds is 3. The highest BCUT2D eigenvalue weighted by Crippen LogP contribution is 2.30. The third kappa shape index (κ3) is 2.52. The minimum atomic E-state index is -1.12. The second-order valence-corrected chi connectivity index (χ2v) is 6.06. The molecule has 1 atom stereocenters. The highest BCUT2D eigenvalue weighted by atomic mass is 16.2. The van der Waals surface area contributed by atoms with E-state index in [2.05, 4.69) is 5.32 Å². The van der Waals surface area contributed by atoms with Gasteiger partial charge >= 0.3 is 6.03 Å². The Labute approximate surface area is 140 Å². The van der Waals surface area contributed by atoms with Gasteiger partial charge in [-0.05, 0) is 42.7 Å². The van der Waals surface area contributed by atoms with Crippen molar-refractivity contribution >= 4 is 11.9 Å². The van der Waals surface area contributed by atoms with Gasteiger partial charge in [-0.2, -0.15) is 5.26 Å². The van der Waals surface area contributed by atoms with Gasteiger partial charge < -0.3 is 5.32 Å². The summed E-state index contributed by atoms with van der Waals surface area (Å²) in [5.74, 6) is -0.291. The number of aryl methyl sites for hydroxylation is 1. The first-order valence-electron chi connectivity index (χ1n) is 7.65. The molecule has 24 heavy (non-hydrogen) atoms. The predicted octanol–water partition coefficient (Wildman–Crippen LogP) is 2.83. The van der Waals surface area contributed by atoms with Gasteiger partial charge in [0, 0.05) is 0 Å². The molecule has 0 bridgehead atoms. The van der Waals surface area contributed by atoms with Crippen LogP contribution in [0.5, 0.6) is 0 Å². The number of benzene rings is 2. The van der Waals surface area contributed by atoms with Gasteiger partial charge in [0.25, 0.3) is 5.91 Å². The normalized spacial score (nSPS) is 20.0. The predicted molar refractivity (Wildman–Crippen MR) is 88.8 cm³/mol. The van der Waals surface area contributed by atoms with Crippen LogP contribution in [0.15, 0.2) is 48.5 Å². The quantitative estimate of drug-likeness (QED) is 0.884. The van der Waals surface area contributed by atoms with Crippen LogP contribution < -0.4 is 5.32 Å². The summed E-state index contributed by atoms with van der Waals surface area (Å²) in [6.07, 6.45) is 0. The zero-order valence-electron chi connectivity index (χ0n) is 13.5. The molecule has 0 aromatic heterocycles. The molecule has 2 aromatic carbocycles. The van der Waals surface area contributed by atoms with E-state index in [0.717, 1.165) is 11.1 Å². The van der Waals surface area contributed by atoms with Crippen LogP contribution >= 0.6 is 0 Å². The Hall–Kier alpha value is -3.13. The zero-order valence-corrected chi connectivity index (χ0v) is 13.5. The van der Waals surface area contributed by atoms with Crippen molar-refractivity contribution in [3.8, 4) is 6.07 Å². The van der Waals surface area contributed by atoms with Crippen molar-refractivity contribution in [2.24, 2.45) is 0 Å². The van der Waals surface area contributed by atoms with Gasteiger partial charge in [-0.15, -0.1) is 0 Å². The van der Waals surface area contributed by atoms with Gasteiger partial charge in [0.15, 0.2) is 0 Å². The van der Waals surface area contributed by atoms with Gasteiger partial charge in [0.2, 0.25) is 0 Å². The summed E-state index contributed by atoms with van der Waals surface area (Å²) in [4.78, 5) is 26.5. The number of urea groups is 1. The molecule has 5 nitrogen and oxygen atoms in total. The lowest BCUT2D eigenvalue weighted by Gasteiger charge is -2.22. The largest absolute Gasteiger partial charge is 0.325 e. The molecule has 1 aliphatic rings. The first-order valence-corrected chi connectivity index (χ1v) is 7.65. The van der Waals surface area contributed by atoms with E-state index in [1.54, 1.807) is 31.2 Å². The van der Waals surface area contributed by atoms with Crippen molar-refractivity contribution in [3.63, 3.8) is 0 Å². The van der Waals surface area contributed by atoms with Crippen LogP contribution in [0.25, 0.3) is 0 Å². The van der Waals surface area contributed by atoms with E-state index >= 15 is 0 Å². The molecule has 1 N–H and O–H groups in total. The molecule has 1 aliphatic heterocycles. The van der Waals surface area contributed by atoms with Gasteiger partial charge in [-0.1, -0.05) is 36.4 Å². The fourth-order valence-electron chi connectivity index (χ4n) is 2.87. The third-order valence-electron chi connectivity index (χ3n) is 4.46. The minimum absolute atomic E-state index is 0.239. The summed E-state index contributed by atoms with van der Waals surface area (Å²) >= 11 is 0. The second kappa shape index (κ2) is 5.82. The van der Waals surface area contributed by atoms with Crippen molar-refractivity contribution in [2.75, 3.05) is 0 Å². The number of carbonyl (C=O) groups excluding carboxylic acids is 2. The molecule has 1 saturated heterocycles. The molecule has 0 unspecified atom stereocenters. The maximum atomic E-state index is 12.9. The topological polar surface area (TPSA) is 73.2 Å². The number of nitriles is 1. The lowest BCUT2D eigenvalue weighted by molar-refractivity contribution is -0.131. The highest BCUT2D eigenvalue weighted by molar-refractivity contribution is 6.07. The molecular formula is C19H17N3O2. The van der Waals surface area contributed by atoms with E-state index in [-0.39, 0.29) is 12.5 Å². The van der Waals surface area contributed by atoms with Gasteiger partial charge in [-0.25, -0.2) is 4.79 Å². The Morgan fingerprint density at radius 1 is 1.12 bits per heavy atom. The molecule has 2 aromatic rings. The summed E-state index contributed by atoms with van der Waals surface area (Å²) in [5, 5.41) is 11.7. The molecule has 1 fully saturated rings. The minimum Gasteiger partial charge on any atom is -0.319 e. The molecule has 0 radical (unpaired) electrons. The number of hydrogen-bond acceptors (Lipinski definition) is 3. The van der Waals surface area contributed by atoms with E-state index in [1.165, 1.54) is 4.90 Å². The molecule has 0 spiro atoms. The summed E-state index contributed by atoms with van der Waals surface area (Å²) in [5.41, 5.74) is 2.02. The Bertz CT molecular complexity index is 852. The Kier molecular flexibility index (Phi) is 3.82. The molecule has 3 amide bonds. The highest BCUT2D eigenvalue weighted by Gasteiger charge is 2.48. The molecule has 3 rings (SSSR count). The lowest BCUT2D eigenvalue weighted by atomic mass is 9.91. The second-order valence-electron chi connectivity index (χ2n) is 6.06. The molecule has 0 saturated carbocycles. The van der Waals surface area contributed by atoms with Crippen LogP contribution in [-0.4, -0.2) is 16.8 Å². The zero-order chi connectivity index (χ0) is 17.3. The summed E-state index contributed by atoms with van der Waals surface area (Å²) < 4.78 is 0. The van der Waals surface area contributed by atoms with Crippen molar-refractivity contribution in [1.82, 2.24) is 10.2 Å². The van der Waals surface area contributed by atoms with E-state index in [4.69, 9.17) is 5.26 Å². The van der Waals surface area contributed by atoms with Crippen molar-refractivity contribution in [2.45, 2.75) is 25.9 Å². The Balaban J connectivity index is 1.90. The number of nitrogens with zero attached hydrogens (tertiary/aromatic N) is 2. The lowest BCUT2D eigenvalue weighted by Crippen LogP contribution is -2.40. The number of hydrogen-bond donors (Lipinski definition) is 1. The molecule has 1 heterocycles. The molecular weight excluding hydrogens is 302 g/mol. The van der Waals surface area contributed by atoms with Crippen LogP contribution in [0.4, 0.5) is 4.79 Å². The van der Waals surface area contributed by atoms with Crippen LogP contribution in [0.1, 0.15) is 29.2 Å². The van der Waals surface area contributed by atoms with E-state index < -0.39 is 11.6 Å². The first kappa shape index (κ1) is 15.8. The number of amides is 3. The van der Waals surface area contributed by atoms with Gasteiger partial charge in [0.1, 0.15) is 5.54 Å². The number of carbonyl (C=O) groups is 2. The third-order valence-corrected chi connectivity index (χ3v) is 4.46. The van der Waals surface area contributed by atoms with E-state index in [1.807, 2.05) is 37.3 Å². The SMILES string of the molecule is Cc1ccccc1CN1C(=O)N[C@@](C)(c2ccc(C#N)cc2)C1=O.